The summed E-state index contributed by atoms with van der Waals surface area (Å²) in [5.41, 5.74) is 0.824. The maximum Gasteiger partial charge on any atom is 0.123 e. The zero-order chi connectivity index (χ0) is 12.3. The molecule has 16 heavy (non-hydrogen) atoms. The van der Waals surface area contributed by atoms with Crippen molar-refractivity contribution >= 4 is 0 Å². The monoisotopic (exact) mass is 224 g/mol. The van der Waals surface area contributed by atoms with Crippen LogP contribution in [-0.4, -0.2) is 5.11 Å². The first-order valence-electron chi connectivity index (χ1n) is 5.74. The van der Waals surface area contributed by atoms with Crippen molar-refractivity contribution in [1.29, 1.82) is 0 Å². The van der Waals surface area contributed by atoms with Gasteiger partial charge in [0, 0.05) is 0 Å². The van der Waals surface area contributed by atoms with Gasteiger partial charge in [0.1, 0.15) is 5.82 Å². The summed E-state index contributed by atoms with van der Waals surface area (Å²) in [6.45, 7) is 8.56. The van der Waals surface area contributed by atoms with Crippen LogP contribution >= 0.6 is 0 Å². The molecule has 2 heteroatoms. The summed E-state index contributed by atoms with van der Waals surface area (Å²) >= 11 is 0. The van der Waals surface area contributed by atoms with E-state index in [1.807, 2.05) is 0 Å². The summed E-state index contributed by atoms with van der Waals surface area (Å²) in [5, 5.41) is 10.0. The molecule has 0 aromatic heterocycles. The van der Waals surface area contributed by atoms with Crippen LogP contribution in [0.15, 0.2) is 24.3 Å². The predicted molar refractivity (Wildman–Crippen MR) is 64.6 cm³/mol. The number of aliphatic hydroxyl groups is 1. The van der Waals surface area contributed by atoms with Crippen molar-refractivity contribution in [1.82, 2.24) is 0 Å². The van der Waals surface area contributed by atoms with Gasteiger partial charge in [-0.25, -0.2) is 4.39 Å². The summed E-state index contributed by atoms with van der Waals surface area (Å²) in [5.74, 6) is 0.0886. The lowest BCUT2D eigenvalue weighted by Crippen LogP contribution is -2.19. The molecule has 90 valence electrons. The first kappa shape index (κ1) is 13.2. The van der Waals surface area contributed by atoms with Crippen molar-refractivity contribution in [3.8, 4) is 0 Å². The molecule has 0 aliphatic carbocycles. The molecule has 1 nitrogen and oxygen atoms in total. The molecule has 1 aromatic carbocycles. The van der Waals surface area contributed by atoms with Crippen LogP contribution in [0.5, 0.6) is 0 Å². The summed E-state index contributed by atoms with van der Waals surface area (Å²) in [4.78, 5) is 0. The fourth-order valence-electron chi connectivity index (χ4n) is 1.54. The highest BCUT2D eigenvalue weighted by molar-refractivity contribution is 5.18. The van der Waals surface area contributed by atoms with E-state index in [9.17, 15) is 9.50 Å². The van der Waals surface area contributed by atoms with Gasteiger partial charge in [-0.1, -0.05) is 39.8 Å². The molecular formula is C14H21FO. The predicted octanol–water partition coefficient (Wildman–Crippen LogP) is 3.93. The van der Waals surface area contributed by atoms with E-state index in [1.54, 1.807) is 12.1 Å². The van der Waals surface area contributed by atoms with Crippen molar-refractivity contribution < 1.29 is 9.50 Å². The Balaban J connectivity index is 2.69. The molecule has 2 unspecified atom stereocenters. The SMILES string of the molecule is CC(CC(O)c1cccc(F)c1)C(C)(C)C. The molecule has 0 fully saturated rings. The van der Waals surface area contributed by atoms with Crippen molar-refractivity contribution in [2.24, 2.45) is 11.3 Å². The van der Waals surface area contributed by atoms with Gasteiger partial charge in [-0.2, -0.15) is 0 Å². The van der Waals surface area contributed by atoms with Crippen LogP contribution in [0.25, 0.3) is 0 Å². The van der Waals surface area contributed by atoms with Gasteiger partial charge in [-0.05, 0) is 35.4 Å². The Labute approximate surface area is 97.3 Å². The smallest absolute Gasteiger partial charge is 0.123 e. The number of aliphatic hydroxyl groups excluding tert-OH is 1. The normalized spacial score (nSPS) is 15.9. The van der Waals surface area contributed by atoms with E-state index in [2.05, 4.69) is 27.7 Å². The Kier molecular flexibility index (Phi) is 4.09. The van der Waals surface area contributed by atoms with Crippen molar-refractivity contribution in [3.05, 3.63) is 35.6 Å². The molecule has 0 aliphatic heterocycles. The zero-order valence-electron chi connectivity index (χ0n) is 10.5. The van der Waals surface area contributed by atoms with Gasteiger partial charge in [0.25, 0.3) is 0 Å². The minimum Gasteiger partial charge on any atom is -0.388 e. The fourth-order valence-corrected chi connectivity index (χ4v) is 1.54. The van der Waals surface area contributed by atoms with Gasteiger partial charge < -0.3 is 5.11 Å². The lowest BCUT2D eigenvalue weighted by Gasteiger charge is -2.29. The van der Waals surface area contributed by atoms with Crippen LogP contribution in [-0.2, 0) is 0 Å². The highest BCUT2D eigenvalue weighted by Crippen LogP contribution is 2.33. The Morgan fingerprint density at radius 3 is 2.44 bits per heavy atom. The molecule has 0 radical (unpaired) electrons. The first-order chi connectivity index (χ1) is 7.30. The number of hydrogen-bond donors (Lipinski definition) is 1. The van der Waals surface area contributed by atoms with E-state index < -0.39 is 6.10 Å². The number of rotatable bonds is 3. The topological polar surface area (TPSA) is 20.2 Å². The van der Waals surface area contributed by atoms with Crippen LogP contribution in [0.2, 0.25) is 0 Å². The highest BCUT2D eigenvalue weighted by Gasteiger charge is 2.23. The largest absolute Gasteiger partial charge is 0.388 e. The lowest BCUT2D eigenvalue weighted by atomic mass is 9.78. The van der Waals surface area contributed by atoms with Crippen LogP contribution < -0.4 is 0 Å². The lowest BCUT2D eigenvalue weighted by molar-refractivity contribution is 0.110. The maximum absolute atomic E-state index is 13.0. The molecule has 0 bridgehead atoms. The van der Waals surface area contributed by atoms with E-state index in [0.717, 1.165) is 0 Å². The average Bonchev–Trinajstić information content (AvgIpc) is 2.16. The standard InChI is InChI=1S/C14H21FO/c1-10(14(2,3)4)8-13(16)11-6-5-7-12(15)9-11/h5-7,9-10,13,16H,8H2,1-4H3. The van der Waals surface area contributed by atoms with Crippen molar-refractivity contribution in [2.45, 2.75) is 40.2 Å². The third kappa shape index (κ3) is 3.60. The molecule has 0 amide bonds. The molecule has 0 heterocycles. The number of hydrogen-bond acceptors (Lipinski definition) is 1. The van der Waals surface area contributed by atoms with Crippen LogP contribution in [0.1, 0.15) is 45.8 Å². The summed E-state index contributed by atoms with van der Waals surface area (Å²) in [6, 6.07) is 6.20. The van der Waals surface area contributed by atoms with Gasteiger partial charge in [0.15, 0.2) is 0 Å². The molecular weight excluding hydrogens is 203 g/mol. The van der Waals surface area contributed by atoms with E-state index in [0.29, 0.717) is 17.9 Å². The molecule has 0 saturated heterocycles. The van der Waals surface area contributed by atoms with E-state index in [1.165, 1.54) is 12.1 Å². The minimum absolute atomic E-state index is 0.161. The average molecular weight is 224 g/mol. The van der Waals surface area contributed by atoms with Gasteiger partial charge in [-0.3, -0.25) is 0 Å². The highest BCUT2D eigenvalue weighted by atomic mass is 19.1. The minimum atomic E-state index is -0.579. The molecule has 0 saturated carbocycles. The second kappa shape index (κ2) is 4.96. The van der Waals surface area contributed by atoms with Crippen molar-refractivity contribution in [3.63, 3.8) is 0 Å². The van der Waals surface area contributed by atoms with Gasteiger partial charge in [-0.15, -0.1) is 0 Å². The van der Waals surface area contributed by atoms with Gasteiger partial charge in [0.05, 0.1) is 6.10 Å². The third-order valence-electron chi connectivity index (χ3n) is 3.29. The summed E-state index contributed by atoms with van der Waals surface area (Å²) in [7, 11) is 0. The van der Waals surface area contributed by atoms with Crippen molar-refractivity contribution in [2.75, 3.05) is 0 Å². The van der Waals surface area contributed by atoms with Gasteiger partial charge >= 0.3 is 0 Å². The number of benzene rings is 1. The molecule has 1 rings (SSSR count). The fraction of sp³-hybridized carbons (Fsp3) is 0.571. The summed E-state index contributed by atoms with van der Waals surface area (Å²) in [6.07, 6.45) is 0.0809. The Bertz CT molecular complexity index is 341. The van der Waals surface area contributed by atoms with Crippen LogP contribution in [0.4, 0.5) is 4.39 Å². The third-order valence-corrected chi connectivity index (χ3v) is 3.29. The first-order valence-corrected chi connectivity index (χ1v) is 5.74. The van der Waals surface area contributed by atoms with Crippen LogP contribution in [0.3, 0.4) is 0 Å². The molecule has 0 spiro atoms. The molecule has 0 aliphatic rings. The van der Waals surface area contributed by atoms with E-state index in [4.69, 9.17) is 0 Å². The van der Waals surface area contributed by atoms with E-state index in [-0.39, 0.29) is 11.2 Å². The molecule has 2 atom stereocenters. The maximum atomic E-state index is 13.0. The Hall–Kier alpha value is -0.890. The number of halogens is 1. The second-order valence-corrected chi connectivity index (χ2v) is 5.57. The Morgan fingerprint density at radius 1 is 1.31 bits per heavy atom. The van der Waals surface area contributed by atoms with Gasteiger partial charge in [0.2, 0.25) is 0 Å². The van der Waals surface area contributed by atoms with Crippen LogP contribution in [0, 0.1) is 17.2 Å². The molecule has 1 N–H and O–H groups in total. The zero-order valence-corrected chi connectivity index (χ0v) is 10.5. The quantitative estimate of drug-likeness (QED) is 0.824. The second-order valence-electron chi connectivity index (χ2n) is 5.57. The molecule has 1 aromatic rings. The Morgan fingerprint density at radius 2 is 1.94 bits per heavy atom. The summed E-state index contributed by atoms with van der Waals surface area (Å²) < 4.78 is 13.0. The van der Waals surface area contributed by atoms with E-state index >= 15 is 0 Å².